The van der Waals surface area contributed by atoms with E-state index in [1.54, 1.807) is 6.92 Å². The largest absolute Gasteiger partial charge is 0.416 e. The van der Waals surface area contributed by atoms with Gasteiger partial charge in [-0.15, -0.1) is 10.2 Å². The number of ether oxygens (including phenoxy) is 1. The van der Waals surface area contributed by atoms with Gasteiger partial charge in [-0.3, -0.25) is 0 Å². The van der Waals surface area contributed by atoms with E-state index in [0.717, 1.165) is 0 Å². The lowest BCUT2D eigenvalue weighted by Gasteiger charge is -2.07. The smallest absolute Gasteiger partial charge is 0.276 e. The second-order valence-corrected chi connectivity index (χ2v) is 3.68. The lowest BCUT2D eigenvalue weighted by Crippen LogP contribution is -2.17. The van der Waals surface area contributed by atoms with Crippen molar-refractivity contribution in [3.8, 4) is 0 Å². The lowest BCUT2D eigenvalue weighted by molar-refractivity contribution is 0.0550. The zero-order valence-electron chi connectivity index (χ0n) is 8.27. The fourth-order valence-corrected chi connectivity index (χ4v) is 1.52. The van der Waals surface area contributed by atoms with Crippen molar-refractivity contribution < 1.29 is 14.3 Å². The molecule has 6 heteroatoms. The van der Waals surface area contributed by atoms with Crippen LogP contribution in [0.4, 0.5) is 0 Å². The number of nitrogens with zero attached hydrogens (tertiary/aromatic N) is 2. The van der Waals surface area contributed by atoms with Crippen molar-refractivity contribution in [1.29, 1.82) is 0 Å². The predicted octanol–water partition coefficient (Wildman–Crippen LogP) is 0.868. The summed E-state index contributed by atoms with van der Waals surface area (Å²) in [5, 5.41) is 17.4. The second kappa shape index (κ2) is 6.00. The summed E-state index contributed by atoms with van der Waals surface area (Å²) in [6.07, 6.45) is -0.493. The molecular formula is C8H14N2O3S. The van der Waals surface area contributed by atoms with Crippen molar-refractivity contribution in [2.45, 2.75) is 25.2 Å². The zero-order valence-corrected chi connectivity index (χ0v) is 9.08. The fraction of sp³-hybridized carbons (Fsp3) is 0.750. The molecule has 1 N–H and O–H groups in total. The number of hydrogen-bond acceptors (Lipinski definition) is 6. The Hall–Kier alpha value is -0.590. The minimum atomic E-state index is -0.493. The molecule has 5 nitrogen and oxygen atoms in total. The summed E-state index contributed by atoms with van der Waals surface area (Å²) in [5.41, 5.74) is 0. The van der Waals surface area contributed by atoms with Crippen LogP contribution in [-0.4, -0.2) is 40.4 Å². The fourth-order valence-electron chi connectivity index (χ4n) is 0.806. The average molecular weight is 218 g/mol. The van der Waals surface area contributed by atoms with Gasteiger partial charge in [-0.25, -0.2) is 0 Å². The Balaban J connectivity index is 2.20. The standard InChI is InChI=1S/C8H14N2O3S/c1-3-12-4-7(11)5-14-8-10-9-6(2)13-8/h7,11H,3-5H2,1-2H3. The first-order chi connectivity index (χ1) is 6.72. The van der Waals surface area contributed by atoms with E-state index < -0.39 is 6.10 Å². The van der Waals surface area contributed by atoms with Gasteiger partial charge in [0.1, 0.15) is 0 Å². The number of hydrogen-bond donors (Lipinski definition) is 1. The third-order valence-corrected chi connectivity index (χ3v) is 2.38. The van der Waals surface area contributed by atoms with Gasteiger partial charge in [-0.1, -0.05) is 11.8 Å². The van der Waals surface area contributed by atoms with Crippen molar-refractivity contribution in [3.05, 3.63) is 5.89 Å². The summed E-state index contributed by atoms with van der Waals surface area (Å²) in [6.45, 7) is 4.58. The van der Waals surface area contributed by atoms with Crippen LogP contribution in [0.3, 0.4) is 0 Å². The van der Waals surface area contributed by atoms with Crippen molar-refractivity contribution in [1.82, 2.24) is 10.2 Å². The van der Waals surface area contributed by atoms with Crippen LogP contribution in [-0.2, 0) is 4.74 Å². The summed E-state index contributed by atoms with van der Waals surface area (Å²) >= 11 is 1.33. The highest BCUT2D eigenvalue weighted by molar-refractivity contribution is 7.99. The molecule has 0 bridgehead atoms. The molecule has 1 rings (SSSR count). The van der Waals surface area contributed by atoms with Crippen LogP contribution in [0.15, 0.2) is 9.64 Å². The van der Waals surface area contributed by atoms with Crippen molar-refractivity contribution >= 4 is 11.8 Å². The van der Waals surface area contributed by atoms with Crippen LogP contribution in [0, 0.1) is 6.92 Å². The van der Waals surface area contributed by atoms with Crippen molar-refractivity contribution in [3.63, 3.8) is 0 Å². The minimum Gasteiger partial charge on any atom is -0.416 e. The van der Waals surface area contributed by atoms with E-state index >= 15 is 0 Å². The Bertz CT molecular complexity index is 267. The number of aryl methyl sites for hydroxylation is 1. The summed E-state index contributed by atoms with van der Waals surface area (Å²) in [4.78, 5) is 0. The highest BCUT2D eigenvalue weighted by Crippen LogP contribution is 2.16. The Labute approximate surface area is 86.9 Å². The molecular weight excluding hydrogens is 204 g/mol. The first-order valence-corrected chi connectivity index (χ1v) is 5.39. The number of thioether (sulfide) groups is 1. The molecule has 14 heavy (non-hydrogen) atoms. The molecule has 80 valence electrons. The van der Waals surface area contributed by atoms with E-state index in [0.29, 0.717) is 30.1 Å². The van der Waals surface area contributed by atoms with Crippen molar-refractivity contribution in [2.75, 3.05) is 19.0 Å². The molecule has 1 aromatic rings. The second-order valence-electron chi connectivity index (χ2n) is 2.71. The molecule has 0 aliphatic rings. The molecule has 1 unspecified atom stereocenters. The molecule has 0 aliphatic carbocycles. The maximum Gasteiger partial charge on any atom is 0.276 e. The molecule has 0 saturated heterocycles. The predicted molar refractivity (Wildman–Crippen MR) is 52.3 cm³/mol. The maximum absolute atomic E-state index is 9.41. The highest BCUT2D eigenvalue weighted by atomic mass is 32.2. The zero-order chi connectivity index (χ0) is 10.4. The maximum atomic E-state index is 9.41. The van der Waals surface area contributed by atoms with Gasteiger partial charge in [0.15, 0.2) is 0 Å². The van der Waals surface area contributed by atoms with Crippen LogP contribution in [0.25, 0.3) is 0 Å². The normalized spacial score (nSPS) is 13.1. The highest BCUT2D eigenvalue weighted by Gasteiger charge is 2.08. The number of aromatic nitrogens is 2. The topological polar surface area (TPSA) is 68.4 Å². The molecule has 0 saturated carbocycles. The van der Waals surface area contributed by atoms with Gasteiger partial charge in [-0.05, 0) is 6.92 Å². The summed E-state index contributed by atoms with van der Waals surface area (Å²) in [5.74, 6) is 1.04. The Morgan fingerprint density at radius 2 is 2.36 bits per heavy atom. The Morgan fingerprint density at radius 1 is 1.57 bits per heavy atom. The minimum absolute atomic E-state index is 0.344. The molecule has 0 fully saturated rings. The molecule has 1 aromatic heterocycles. The van der Waals surface area contributed by atoms with E-state index in [9.17, 15) is 5.11 Å². The van der Waals surface area contributed by atoms with E-state index in [2.05, 4.69) is 10.2 Å². The summed E-state index contributed by atoms with van der Waals surface area (Å²) < 4.78 is 10.2. The molecule has 1 heterocycles. The summed E-state index contributed by atoms with van der Waals surface area (Å²) in [7, 11) is 0. The molecule has 0 amide bonds. The van der Waals surface area contributed by atoms with Crippen LogP contribution in [0.1, 0.15) is 12.8 Å². The quantitative estimate of drug-likeness (QED) is 0.714. The Kier molecular flexibility index (Phi) is 4.92. The number of aliphatic hydroxyl groups is 1. The van der Waals surface area contributed by atoms with E-state index in [4.69, 9.17) is 9.15 Å². The molecule has 0 radical (unpaired) electrons. The Morgan fingerprint density at radius 3 is 2.93 bits per heavy atom. The van der Waals surface area contributed by atoms with Gasteiger partial charge in [-0.2, -0.15) is 0 Å². The van der Waals surface area contributed by atoms with Gasteiger partial charge in [0.05, 0.1) is 12.7 Å². The summed E-state index contributed by atoms with van der Waals surface area (Å²) in [6, 6.07) is 0. The van der Waals surface area contributed by atoms with Crippen molar-refractivity contribution in [2.24, 2.45) is 0 Å². The van der Waals surface area contributed by atoms with Gasteiger partial charge in [0.2, 0.25) is 5.89 Å². The first kappa shape index (κ1) is 11.5. The van der Waals surface area contributed by atoms with Crippen LogP contribution < -0.4 is 0 Å². The number of rotatable bonds is 6. The van der Waals surface area contributed by atoms with Gasteiger partial charge < -0.3 is 14.3 Å². The first-order valence-electron chi connectivity index (χ1n) is 4.41. The van der Waals surface area contributed by atoms with Crippen LogP contribution >= 0.6 is 11.8 Å². The van der Waals surface area contributed by atoms with Gasteiger partial charge >= 0.3 is 0 Å². The van der Waals surface area contributed by atoms with E-state index in [1.165, 1.54) is 11.8 Å². The van der Waals surface area contributed by atoms with Crippen LogP contribution in [0.5, 0.6) is 0 Å². The molecule has 0 aromatic carbocycles. The van der Waals surface area contributed by atoms with Gasteiger partial charge in [0, 0.05) is 19.3 Å². The van der Waals surface area contributed by atoms with E-state index in [-0.39, 0.29) is 0 Å². The lowest BCUT2D eigenvalue weighted by atomic mass is 10.4. The molecule has 0 spiro atoms. The molecule has 1 atom stereocenters. The van der Waals surface area contributed by atoms with Gasteiger partial charge in [0.25, 0.3) is 5.22 Å². The van der Waals surface area contributed by atoms with E-state index in [1.807, 2.05) is 6.92 Å². The average Bonchev–Trinajstić information content (AvgIpc) is 2.58. The molecule has 0 aliphatic heterocycles. The van der Waals surface area contributed by atoms with Crippen LogP contribution in [0.2, 0.25) is 0 Å². The monoisotopic (exact) mass is 218 g/mol. The third-order valence-electron chi connectivity index (χ3n) is 1.42. The third kappa shape index (κ3) is 4.08. The SMILES string of the molecule is CCOCC(O)CSc1nnc(C)o1. The number of aliphatic hydroxyl groups excluding tert-OH is 1.